The second kappa shape index (κ2) is 6.15. The van der Waals surface area contributed by atoms with Crippen molar-refractivity contribution in [1.82, 2.24) is 4.90 Å². The highest BCUT2D eigenvalue weighted by molar-refractivity contribution is 5.82. The number of benzene rings is 1. The monoisotopic (exact) mass is 265 g/mol. The fraction of sp³-hybridized carbons (Fsp3) is 0.533. The summed E-state index contributed by atoms with van der Waals surface area (Å²) < 4.78 is 19.1. The van der Waals surface area contributed by atoms with Crippen LogP contribution < -0.4 is 4.74 Å². The molecule has 2 rings (SSSR count). The van der Waals surface area contributed by atoms with Gasteiger partial charge in [0.25, 0.3) is 0 Å². The number of ketones is 1. The second-order valence-corrected chi connectivity index (χ2v) is 4.99. The minimum absolute atomic E-state index is 0.0995. The molecule has 0 aliphatic carbocycles. The zero-order valence-corrected chi connectivity index (χ0v) is 11.5. The van der Waals surface area contributed by atoms with Crippen LogP contribution in [-0.2, 0) is 11.3 Å². The van der Waals surface area contributed by atoms with E-state index < -0.39 is 0 Å². The van der Waals surface area contributed by atoms with Crippen LogP contribution in [0.2, 0.25) is 0 Å². The number of carbonyl (C=O) groups excluding carboxylic acids is 1. The Bertz CT molecular complexity index is 461. The Kier molecular flexibility index (Phi) is 4.53. The number of hydrogen-bond acceptors (Lipinski definition) is 3. The lowest BCUT2D eigenvalue weighted by molar-refractivity contribution is -0.126. The van der Waals surface area contributed by atoms with E-state index in [2.05, 4.69) is 4.90 Å². The number of likely N-dealkylation sites (tertiary alicyclic amines) is 1. The Balaban J connectivity index is 2.07. The van der Waals surface area contributed by atoms with Gasteiger partial charge in [-0.25, -0.2) is 4.39 Å². The van der Waals surface area contributed by atoms with Gasteiger partial charge in [-0.15, -0.1) is 0 Å². The molecule has 1 unspecified atom stereocenters. The van der Waals surface area contributed by atoms with Crippen molar-refractivity contribution in [3.8, 4) is 5.75 Å². The summed E-state index contributed by atoms with van der Waals surface area (Å²) in [6.07, 6.45) is 1.43. The first kappa shape index (κ1) is 14.0. The van der Waals surface area contributed by atoms with Crippen LogP contribution in [0.5, 0.6) is 5.75 Å². The molecule has 0 aromatic heterocycles. The number of nitrogens with zero attached hydrogens (tertiary/aromatic N) is 1. The van der Waals surface area contributed by atoms with E-state index in [0.29, 0.717) is 30.9 Å². The van der Waals surface area contributed by atoms with Crippen molar-refractivity contribution in [3.63, 3.8) is 0 Å². The largest absolute Gasteiger partial charge is 0.494 e. The zero-order valence-electron chi connectivity index (χ0n) is 11.5. The first-order chi connectivity index (χ1) is 9.15. The first-order valence-corrected chi connectivity index (χ1v) is 6.72. The van der Waals surface area contributed by atoms with Crippen molar-refractivity contribution in [2.24, 2.45) is 5.92 Å². The summed E-state index contributed by atoms with van der Waals surface area (Å²) in [6, 6.07) is 5.19. The lowest BCUT2D eigenvalue weighted by Crippen LogP contribution is -2.40. The van der Waals surface area contributed by atoms with Crippen LogP contribution in [0.3, 0.4) is 0 Å². The number of rotatable bonds is 4. The molecule has 0 saturated carbocycles. The molecule has 1 saturated heterocycles. The highest BCUT2D eigenvalue weighted by Gasteiger charge is 2.26. The van der Waals surface area contributed by atoms with Crippen LogP contribution in [0.15, 0.2) is 18.2 Å². The molecule has 1 aliphatic rings. The number of Topliss-reactive ketones (excluding diaryl/α,β-unsaturated/α-hetero) is 1. The van der Waals surface area contributed by atoms with Crippen molar-refractivity contribution >= 4 is 5.78 Å². The number of halogens is 1. The summed E-state index contributed by atoms with van der Waals surface area (Å²) in [5.74, 6) is 0.417. The topological polar surface area (TPSA) is 29.5 Å². The van der Waals surface area contributed by atoms with Gasteiger partial charge in [-0.2, -0.15) is 0 Å². The fourth-order valence-corrected chi connectivity index (χ4v) is 2.55. The van der Waals surface area contributed by atoms with Gasteiger partial charge in [0.15, 0.2) is 11.6 Å². The average molecular weight is 265 g/mol. The lowest BCUT2D eigenvalue weighted by atomic mass is 9.94. The van der Waals surface area contributed by atoms with E-state index in [9.17, 15) is 9.18 Å². The summed E-state index contributed by atoms with van der Waals surface area (Å²) in [5.41, 5.74) is 0.628. The van der Waals surface area contributed by atoms with Crippen LogP contribution in [0.25, 0.3) is 0 Å². The molecule has 104 valence electrons. The second-order valence-electron chi connectivity index (χ2n) is 4.99. The van der Waals surface area contributed by atoms with Gasteiger partial charge < -0.3 is 4.74 Å². The molecule has 0 amide bonds. The molecule has 0 N–H and O–H groups in total. The van der Waals surface area contributed by atoms with Gasteiger partial charge in [0.05, 0.1) is 7.11 Å². The highest BCUT2D eigenvalue weighted by atomic mass is 19.1. The molecule has 19 heavy (non-hydrogen) atoms. The number of ether oxygens (including phenoxy) is 1. The molecule has 0 bridgehead atoms. The fourth-order valence-electron chi connectivity index (χ4n) is 2.55. The number of hydrogen-bond donors (Lipinski definition) is 0. The summed E-state index contributed by atoms with van der Waals surface area (Å²) in [6.45, 7) is 4.00. The molecule has 4 heteroatoms. The van der Waals surface area contributed by atoms with Crippen molar-refractivity contribution in [2.45, 2.75) is 26.3 Å². The van der Waals surface area contributed by atoms with Gasteiger partial charge in [0.1, 0.15) is 5.78 Å². The normalized spacial score (nSPS) is 20.6. The smallest absolute Gasteiger partial charge is 0.169 e. The SMILES string of the molecule is CCC1CN(Cc2cccc(OC)c2F)CCC1=O. The molecular formula is C15H20FNO2. The van der Waals surface area contributed by atoms with Crippen molar-refractivity contribution in [2.75, 3.05) is 20.2 Å². The Morgan fingerprint density at radius 2 is 2.26 bits per heavy atom. The molecule has 1 aromatic carbocycles. The Morgan fingerprint density at radius 3 is 2.95 bits per heavy atom. The summed E-state index contributed by atoms with van der Waals surface area (Å²) in [5, 5.41) is 0. The Hall–Kier alpha value is -1.42. The summed E-state index contributed by atoms with van der Waals surface area (Å²) in [7, 11) is 1.47. The van der Waals surface area contributed by atoms with E-state index in [1.165, 1.54) is 7.11 Å². The van der Waals surface area contributed by atoms with Crippen molar-refractivity contribution in [1.29, 1.82) is 0 Å². The third kappa shape index (κ3) is 3.13. The minimum Gasteiger partial charge on any atom is -0.494 e. The van der Waals surface area contributed by atoms with Crippen LogP contribution in [0.4, 0.5) is 4.39 Å². The van der Waals surface area contributed by atoms with E-state index in [-0.39, 0.29) is 17.5 Å². The van der Waals surface area contributed by atoms with Crippen molar-refractivity contribution in [3.05, 3.63) is 29.6 Å². The zero-order chi connectivity index (χ0) is 13.8. The molecule has 1 atom stereocenters. The van der Waals surface area contributed by atoms with Gasteiger partial charge in [-0.05, 0) is 12.5 Å². The number of piperidine rings is 1. The van der Waals surface area contributed by atoms with Gasteiger partial charge in [0, 0.05) is 37.5 Å². The van der Waals surface area contributed by atoms with Crippen LogP contribution in [0.1, 0.15) is 25.3 Å². The van der Waals surface area contributed by atoms with Gasteiger partial charge in [-0.1, -0.05) is 19.1 Å². The Morgan fingerprint density at radius 1 is 1.47 bits per heavy atom. The van der Waals surface area contributed by atoms with E-state index in [1.54, 1.807) is 18.2 Å². The van der Waals surface area contributed by atoms with Crippen molar-refractivity contribution < 1.29 is 13.9 Å². The first-order valence-electron chi connectivity index (χ1n) is 6.72. The van der Waals surface area contributed by atoms with E-state index in [0.717, 1.165) is 13.0 Å². The maximum absolute atomic E-state index is 14.1. The summed E-state index contributed by atoms with van der Waals surface area (Å²) in [4.78, 5) is 13.8. The minimum atomic E-state index is -0.296. The molecule has 1 fully saturated rings. The maximum atomic E-state index is 14.1. The summed E-state index contributed by atoms with van der Waals surface area (Å²) >= 11 is 0. The maximum Gasteiger partial charge on any atom is 0.169 e. The highest BCUT2D eigenvalue weighted by Crippen LogP contribution is 2.23. The lowest BCUT2D eigenvalue weighted by Gasteiger charge is -2.31. The molecule has 0 spiro atoms. The Labute approximate surface area is 113 Å². The van der Waals surface area contributed by atoms with Crippen LogP contribution >= 0.6 is 0 Å². The molecule has 1 aliphatic heterocycles. The number of methoxy groups -OCH3 is 1. The predicted molar refractivity (Wildman–Crippen MR) is 71.6 cm³/mol. The van der Waals surface area contributed by atoms with E-state index in [1.807, 2.05) is 6.92 Å². The molecular weight excluding hydrogens is 245 g/mol. The molecule has 1 aromatic rings. The number of carbonyl (C=O) groups is 1. The molecule has 3 nitrogen and oxygen atoms in total. The quantitative estimate of drug-likeness (QED) is 0.838. The van der Waals surface area contributed by atoms with E-state index in [4.69, 9.17) is 4.74 Å². The van der Waals surface area contributed by atoms with Crippen LogP contribution in [-0.4, -0.2) is 30.9 Å². The third-order valence-corrected chi connectivity index (χ3v) is 3.76. The molecule has 1 heterocycles. The predicted octanol–water partition coefficient (Wildman–Crippen LogP) is 2.64. The van der Waals surface area contributed by atoms with E-state index >= 15 is 0 Å². The van der Waals surface area contributed by atoms with Crippen LogP contribution in [0, 0.1) is 11.7 Å². The van der Waals surface area contributed by atoms with Gasteiger partial charge in [-0.3, -0.25) is 9.69 Å². The molecule has 0 radical (unpaired) electrons. The van der Waals surface area contributed by atoms with Gasteiger partial charge in [0.2, 0.25) is 0 Å². The average Bonchev–Trinajstić information content (AvgIpc) is 2.43. The standard InChI is InChI=1S/C15H20FNO2/c1-3-11-9-17(8-7-13(11)18)10-12-5-4-6-14(19-2)15(12)16/h4-6,11H,3,7-10H2,1-2H3. The third-order valence-electron chi connectivity index (χ3n) is 3.76. The van der Waals surface area contributed by atoms with Gasteiger partial charge >= 0.3 is 0 Å².